The number of hydrogen-bond donors (Lipinski definition) is 1. The molecule has 1 saturated carbocycles. The number of aryl methyl sites for hydroxylation is 1. The van der Waals surface area contributed by atoms with E-state index in [-0.39, 0.29) is 23.9 Å². The molecule has 2 amide bonds. The van der Waals surface area contributed by atoms with E-state index in [1.807, 2.05) is 20.8 Å². The van der Waals surface area contributed by atoms with Crippen LogP contribution in [-0.2, 0) is 16.0 Å². The first-order chi connectivity index (χ1) is 12.2. The van der Waals surface area contributed by atoms with Gasteiger partial charge in [-0.15, -0.1) is 0 Å². The Morgan fingerprint density at radius 3 is 2.46 bits per heavy atom. The van der Waals surface area contributed by atoms with E-state index in [1.165, 1.54) is 24.0 Å². The van der Waals surface area contributed by atoms with Crippen LogP contribution in [0, 0.1) is 0 Å². The second kappa shape index (κ2) is 7.39. The lowest BCUT2D eigenvalue weighted by atomic mass is 10.1. The number of amides is 2. The molecule has 2 aliphatic carbocycles. The lowest BCUT2D eigenvalue weighted by Crippen LogP contribution is -2.48. The van der Waals surface area contributed by atoms with Crippen molar-refractivity contribution in [3.05, 3.63) is 35.4 Å². The van der Waals surface area contributed by atoms with Crippen LogP contribution < -0.4 is 5.32 Å². The molecule has 1 N–H and O–H groups in total. The van der Waals surface area contributed by atoms with Gasteiger partial charge in [-0.1, -0.05) is 24.3 Å². The maximum atomic E-state index is 12.8. The lowest BCUT2D eigenvalue weighted by Gasteiger charge is -2.31. The van der Waals surface area contributed by atoms with E-state index in [2.05, 4.69) is 34.5 Å². The van der Waals surface area contributed by atoms with Crippen LogP contribution in [-0.4, -0.2) is 53.3 Å². The summed E-state index contributed by atoms with van der Waals surface area (Å²) in [5, 5.41) is 2.92. The van der Waals surface area contributed by atoms with Gasteiger partial charge in [0.1, 0.15) is 0 Å². The summed E-state index contributed by atoms with van der Waals surface area (Å²) >= 11 is 0. The van der Waals surface area contributed by atoms with Crippen LogP contribution in [0.25, 0.3) is 0 Å². The minimum Gasteiger partial charge on any atom is -0.350 e. The fourth-order valence-electron chi connectivity index (χ4n) is 3.82. The third-order valence-electron chi connectivity index (χ3n) is 5.16. The Morgan fingerprint density at radius 1 is 1.12 bits per heavy atom. The van der Waals surface area contributed by atoms with Gasteiger partial charge in [-0.2, -0.15) is 0 Å². The second-order valence-corrected chi connectivity index (χ2v) is 8.70. The molecule has 1 atom stereocenters. The maximum absolute atomic E-state index is 12.8. The first kappa shape index (κ1) is 18.9. The minimum absolute atomic E-state index is 0.0188. The second-order valence-electron chi connectivity index (χ2n) is 8.70. The van der Waals surface area contributed by atoms with Crippen LogP contribution in [0.15, 0.2) is 24.3 Å². The summed E-state index contributed by atoms with van der Waals surface area (Å²) < 4.78 is 0. The highest BCUT2D eigenvalue weighted by Gasteiger charge is 2.38. The van der Waals surface area contributed by atoms with E-state index >= 15 is 0 Å². The molecule has 0 aliphatic heterocycles. The summed E-state index contributed by atoms with van der Waals surface area (Å²) in [6.07, 6.45) is 4.50. The van der Waals surface area contributed by atoms with Gasteiger partial charge in [-0.05, 0) is 57.6 Å². The first-order valence-corrected chi connectivity index (χ1v) is 9.63. The van der Waals surface area contributed by atoms with E-state index in [1.54, 1.807) is 11.9 Å². The number of carbonyl (C=O) groups excluding carboxylic acids is 2. The molecule has 0 unspecified atom stereocenters. The summed E-state index contributed by atoms with van der Waals surface area (Å²) in [5.41, 5.74) is 2.50. The number of carbonyl (C=O) groups is 2. The summed E-state index contributed by atoms with van der Waals surface area (Å²) in [6.45, 7) is 6.33. The SMILES string of the molecule is CN(CC(=O)NC(C)(C)C)C(=O)CN(C1CC1)[C@@H]1CCc2ccccc21. The predicted octanol–water partition coefficient (Wildman–Crippen LogP) is 2.51. The summed E-state index contributed by atoms with van der Waals surface area (Å²) in [4.78, 5) is 28.8. The van der Waals surface area contributed by atoms with E-state index in [0.29, 0.717) is 18.6 Å². The van der Waals surface area contributed by atoms with Gasteiger partial charge in [-0.3, -0.25) is 14.5 Å². The molecule has 2 aliphatic rings. The van der Waals surface area contributed by atoms with Crippen LogP contribution in [0.4, 0.5) is 0 Å². The van der Waals surface area contributed by atoms with E-state index in [0.717, 1.165) is 12.8 Å². The Bertz CT molecular complexity index is 676. The van der Waals surface area contributed by atoms with Gasteiger partial charge < -0.3 is 10.2 Å². The van der Waals surface area contributed by atoms with Gasteiger partial charge in [0.25, 0.3) is 0 Å². The monoisotopic (exact) mass is 357 g/mol. The predicted molar refractivity (Wildman–Crippen MR) is 103 cm³/mol. The number of fused-ring (bicyclic) bond motifs is 1. The highest BCUT2D eigenvalue weighted by atomic mass is 16.2. The molecule has 1 aromatic rings. The molecule has 142 valence electrons. The molecule has 0 saturated heterocycles. The van der Waals surface area contributed by atoms with Crippen LogP contribution in [0.1, 0.15) is 57.2 Å². The normalized spacial score (nSPS) is 19.3. The van der Waals surface area contributed by atoms with E-state index in [4.69, 9.17) is 0 Å². The van der Waals surface area contributed by atoms with Crippen molar-refractivity contribution >= 4 is 11.8 Å². The molecule has 0 radical (unpaired) electrons. The zero-order valence-corrected chi connectivity index (χ0v) is 16.4. The van der Waals surface area contributed by atoms with Crippen LogP contribution in [0.3, 0.4) is 0 Å². The number of nitrogens with one attached hydrogen (secondary N) is 1. The zero-order chi connectivity index (χ0) is 18.9. The minimum atomic E-state index is -0.283. The third kappa shape index (κ3) is 4.64. The molecule has 0 heterocycles. The zero-order valence-electron chi connectivity index (χ0n) is 16.4. The third-order valence-corrected chi connectivity index (χ3v) is 5.16. The van der Waals surface area contributed by atoms with Crippen molar-refractivity contribution in [3.63, 3.8) is 0 Å². The maximum Gasteiger partial charge on any atom is 0.240 e. The van der Waals surface area contributed by atoms with Gasteiger partial charge in [0.2, 0.25) is 11.8 Å². The molecule has 26 heavy (non-hydrogen) atoms. The first-order valence-electron chi connectivity index (χ1n) is 9.63. The van der Waals surface area contributed by atoms with Crippen molar-refractivity contribution in [1.29, 1.82) is 0 Å². The number of likely N-dealkylation sites (N-methyl/N-ethyl adjacent to an activating group) is 1. The molecule has 0 bridgehead atoms. The summed E-state index contributed by atoms with van der Waals surface area (Å²) in [6, 6.07) is 9.42. The number of nitrogens with zero attached hydrogens (tertiary/aromatic N) is 2. The quantitative estimate of drug-likeness (QED) is 0.851. The topological polar surface area (TPSA) is 52.7 Å². The highest BCUT2D eigenvalue weighted by Crippen LogP contribution is 2.41. The molecule has 1 fully saturated rings. The van der Waals surface area contributed by atoms with Gasteiger partial charge in [0.05, 0.1) is 13.1 Å². The van der Waals surface area contributed by atoms with Crippen LogP contribution >= 0.6 is 0 Å². The number of rotatable bonds is 6. The fourth-order valence-corrected chi connectivity index (χ4v) is 3.82. The van der Waals surface area contributed by atoms with Gasteiger partial charge in [0, 0.05) is 24.7 Å². The standard InChI is InChI=1S/C21H31N3O2/c1-21(2,3)22-19(25)13-23(4)20(26)14-24(16-10-11-16)18-12-9-15-7-5-6-8-17(15)18/h5-8,16,18H,9-14H2,1-4H3,(H,22,25)/t18-/m1/s1. The van der Waals surface area contributed by atoms with E-state index < -0.39 is 0 Å². The Morgan fingerprint density at radius 2 is 1.81 bits per heavy atom. The molecule has 5 nitrogen and oxygen atoms in total. The average Bonchev–Trinajstić information content (AvgIpc) is 3.30. The molecule has 0 spiro atoms. The summed E-state index contributed by atoms with van der Waals surface area (Å²) in [7, 11) is 1.72. The molecular formula is C21H31N3O2. The smallest absolute Gasteiger partial charge is 0.240 e. The molecular weight excluding hydrogens is 326 g/mol. The van der Waals surface area contributed by atoms with Crippen molar-refractivity contribution in [1.82, 2.24) is 15.1 Å². The lowest BCUT2D eigenvalue weighted by molar-refractivity contribution is -0.136. The van der Waals surface area contributed by atoms with Crippen molar-refractivity contribution in [2.24, 2.45) is 0 Å². The molecule has 5 heteroatoms. The Kier molecular flexibility index (Phi) is 5.37. The van der Waals surface area contributed by atoms with Crippen molar-refractivity contribution in [2.45, 2.75) is 64.1 Å². The van der Waals surface area contributed by atoms with Gasteiger partial charge in [0.15, 0.2) is 0 Å². The Balaban J connectivity index is 1.62. The largest absolute Gasteiger partial charge is 0.350 e. The average molecular weight is 357 g/mol. The van der Waals surface area contributed by atoms with Crippen molar-refractivity contribution < 1.29 is 9.59 Å². The van der Waals surface area contributed by atoms with E-state index in [9.17, 15) is 9.59 Å². The molecule has 0 aromatic heterocycles. The Labute approximate surface area is 156 Å². The molecule has 3 rings (SSSR count). The van der Waals surface area contributed by atoms with Gasteiger partial charge in [-0.25, -0.2) is 0 Å². The highest BCUT2D eigenvalue weighted by molar-refractivity contribution is 5.85. The fraction of sp³-hybridized carbons (Fsp3) is 0.619. The van der Waals surface area contributed by atoms with Gasteiger partial charge >= 0.3 is 0 Å². The Hall–Kier alpha value is -1.88. The van der Waals surface area contributed by atoms with Crippen molar-refractivity contribution in [3.8, 4) is 0 Å². The van der Waals surface area contributed by atoms with Crippen LogP contribution in [0.2, 0.25) is 0 Å². The van der Waals surface area contributed by atoms with Crippen molar-refractivity contribution in [2.75, 3.05) is 20.1 Å². The molecule has 1 aromatic carbocycles. The van der Waals surface area contributed by atoms with Crippen LogP contribution in [0.5, 0.6) is 0 Å². The number of benzene rings is 1. The number of hydrogen-bond acceptors (Lipinski definition) is 3. The summed E-state index contributed by atoms with van der Waals surface area (Å²) in [5.74, 6) is -0.0946.